The van der Waals surface area contributed by atoms with Gasteiger partial charge in [0.25, 0.3) is 0 Å². The van der Waals surface area contributed by atoms with Crippen molar-refractivity contribution in [3.05, 3.63) is 46.4 Å². The van der Waals surface area contributed by atoms with Crippen LogP contribution in [0.1, 0.15) is 41.3 Å². The molecule has 0 aliphatic carbocycles. The van der Waals surface area contributed by atoms with Crippen molar-refractivity contribution < 1.29 is 4.39 Å². The molecule has 0 unspecified atom stereocenters. The van der Waals surface area contributed by atoms with Crippen molar-refractivity contribution in [2.75, 3.05) is 5.73 Å². The zero-order valence-corrected chi connectivity index (χ0v) is 12.9. The molecule has 1 aromatic carbocycles. The minimum absolute atomic E-state index is 0.168. The molecule has 1 fully saturated rings. The zero-order chi connectivity index (χ0) is 16.1. The molecule has 4 rings (SSSR count). The number of anilines is 1. The molecule has 3 heterocycles. The van der Waals surface area contributed by atoms with Crippen LogP contribution in [0.15, 0.2) is 18.2 Å². The van der Waals surface area contributed by atoms with Crippen LogP contribution in [-0.2, 0) is 6.42 Å². The summed E-state index contributed by atoms with van der Waals surface area (Å²) < 4.78 is 14.1. The number of nitrogens with zero attached hydrogens (tertiary/aromatic N) is 2. The second-order valence-corrected chi connectivity index (χ2v) is 6.33. The first-order valence-corrected chi connectivity index (χ1v) is 7.84. The van der Waals surface area contributed by atoms with Crippen LogP contribution in [-0.4, -0.2) is 11.0 Å². The van der Waals surface area contributed by atoms with E-state index in [9.17, 15) is 9.65 Å². The summed E-state index contributed by atoms with van der Waals surface area (Å²) in [5, 5.41) is 13.2. The van der Waals surface area contributed by atoms with Crippen LogP contribution in [0.5, 0.6) is 0 Å². The summed E-state index contributed by atoms with van der Waals surface area (Å²) in [6.07, 6.45) is 2.91. The molecule has 0 amide bonds. The van der Waals surface area contributed by atoms with Crippen molar-refractivity contribution in [3.63, 3.8) is 0 Å². The monoisotopic (exact) mass is 308 g/mol. The van der Waals surface area contributed by atoms with Gasteiger partial charge in [0.05, 0.1) is 0 Å². The summed E-state index contributed by atoms with van der Waals surface area (Å²) in [4.78, 5) is 4.49. The van der Waals surface area contributed by atoms with E-state index in [1.54, 1.807) is 13.0 Å². The normalized spacial score (nSPS) is 21.8. The van der Waals surface area contributed by atoms with Gasteiger partial charge in [0, 0.05) is 29.8 Å². The zero-order valence-electron chi connectivity index (χ0n) is 12.9. The van der Waals surface area contributed by atoms with Gasteiger partial charge in [-0.1, -0.05) is 12.1 Å². The highest BCUT2D eigenvalue weighted by Crippen LogP contribution is 2.44. The summed E-state index contributed by atoms with van der Waals surface area (Å²) in [7, 11) is 0. The van der Waals surface area contributed by atoms with E-state index in [-0.39, 0.29) is 17.7 Å². The van der Waals surface area contributed by atoms with Crippen LogP contribution in [0.2, 0.25) is 0 Å². The maximum absolute atomic E-state index is 14.1. The summed E-state index contributed by atoms with van der Waals surface area (Å²) in [6, 6.07) is 7.74. The molecule has 2 aliphatic rings. The van der Waals surface area contributed by atoms with Gasteiger partial charge in [-0.05, 0) is 42.5 Å². The largest absolute Gasteiger partial charge is 0.383 e. The van der Waals surface area contributed by atoms with Crippen molar-refractivity contribution in [1.29, 1.82) is 5.26 Å². The van der Waals surface area contributed by atoms with Gasteiger partial charge in [-0.3, -0.25) is 0 Å². The highest BCUT2D eigenvalue weighted by molar-refractivity contribution is 5.81. The third-order valence-electron chi connectivity index (χ3n) is 5.02. The van der Waals surface area contributed by atoms with Gasteiger partial charge in [0.15, 0.2) is 0 Å². The Bertz CT molecular complexity index is 853. The summed E-state index contributed by atoms with van der Waals surface area (Å²) in [5.74, 6) is -0.0326. The molecule has 3 N–H and O–H groups in total. The van der Waals surface area contributed by atoms with Gasteiger partial charge in [0.1, 0.15) is 23.3 Å². The Labute approximate surface area is 134 Å². The second-order valence-electron chi connectivity index (χ2n) is 6.33. The predicted octanol–water partition coefficient (Wildman–Crippen LogP) is 3.00. The lowest BCUT2D eigenvalue weighted by Crippen LogP contribution is -2.33. The lowest BCUT2D eigenvalue weighted by molar-refractivity contribution is 0.508. The van der Waals surface area contributed by atoms with E-state index in [2.05, 4.69) is 16.4 Å². The molecule has 1 aromatic heterocycles. The predicted molar refractivity (Wildman–Crippen MR) is 86.1 cm³/mol. The number of nitrogens with one attached hydrogen (secondary N) is 1. The van der Waals surface area contributed by atoms with E-state index >= 15 is 0 Å². The first-order valence-electron chi connectivity index (χ1n) is 7.84. The van der Waals surface area contributed by atoms with Gasteiger partial charge in [-0.15, -0.1) is 0 Å². The smallest absolute Gasteiger partial charge is 0.142 e. The minimum atomic E-state index is -0.274. The highest BCUT2D eigenvalue weighted by Gasteiger charge is 2.37. The van der Waals surface area contributed by atoms with Crippen molar-refractivity contribution in [1.82, 2.24) is 10.3 Å². The Kier molecular flexibility index (Phi) is 3.10. The van der Waals surface area contributed by atoms with Crippen molar-refractivity contribution in [3.8, 4) is 17.2 Å². The van der Waals surface area contributed by atoms with E-state index in [1.165, 1.54) is 6.07 Å². The number of nitrogen functional groups attached to an aromatic ring is 1. The van der Waals surface area contributed by atoms with Gasteiger partial charge < -0.3 is 11.1 Å². The molecule has 0 radical (unpaired) electrons. The fourth-order valence-corrected chi connectivity index (χ4v) is 3.91. The van der Waals surface area contributed by atoms with Gasteiger partial charge >= 0.3 is 0 Å². The Balaban J connectivity index is 2.08. The molecule has 116 valence electrons. The third-order valence-corrected chi connectivity index (χ3v) is 5.02. The van der Waals surface area contributed by atoms with E-state index in [4.69, 9.17) is 5.73 Å². The van der Waals surface area contributed by atoms with Crippen LogP contribution in [0.25, 0.3) is 11.1 Å². The van der Waals surface area contributed by atoms with Crippen molar-refractivity contribution in [2.45, 2.75) is 38.3 Å². The Morgan fingerprint density at radius 1 is 1.39 bits per heavy atom. The summed E-state index contributed by atoms with van der Waals surface area (Å²) in [6.45, 7) is 1.74. The van der Waals surface area contributed by atoms with Crippen molar-refractivity contribution >= 4 is 5.82 Å². The molecule has 1 saturated heterocycles. The maximum Gasteiger partial charge on any atom is 0.142 e. The van der Waals surface area contributed by atoms with E-state index < -0.39 is 0 Å². The molecule has 0 saturated carbocycles. The highest BCUT2D eigenvalue weighted by atomic mass is 19.1. The number of benzene rings is 1. The molecule has 2 aromatic rings. The Hall–Kier alpha value is -2.45. The van der Waals surface area contributed by atoms with Crippen molar-refractivity contribution in [2.24, 2.45) is 0 Å². The molecule has 4 nitrogen and oxygen atoms in total. The lowest BCUT2D eigenvalue weighted by Gasteiger charge is -2.28. The molecular weight excluding hydrogens is 291 g/mol. The first-order chi connectivity index (χ1) is 11.1. The quantitative estimate of drug-likeness (QED) is 0.849. The maximum atomic E-state index is 14.1. The molecular formula is C18H17FN4. The average molecular weight is 308 g/mol. The number of rotatable bonds is 1. The number of fused-ring (bicyclic) bond motifs is 4. The topological polar surface area (TPSA) is 74.7 Å². The van der Waals surface area contributed by atoms with Gasteiger partial charge in [0.2, 0.25) is 0 Å². The van der Waals surface area contributed by atoms with Crippen LogP contribution in [0.4, 0.5) is 10.2 Å². The standard InChI is InChI=1S/C18H17FN4/c1-9-11(3-2-4-13(9)19)16-12(8-20)18(21)23-15-7-10-5-6-14(22-10)17(15)16/h2-4,10,14,22H,5-7H2,1H3,(H2,21,23)/t10-,14+/m1/s1. The van der Waals surface area contributed by atoms with Gasteiger partial charge in [-0.2, -0.15) is 5.26 Å². The van der Waals surface area contributed by atoms with Crippen LogP contribution in [0, 0.1) is 24.1 Å². The number of hydrogen-bond donors (Lipinski definition) is 2. The fourth-order valence-electron chi connectivity index (χ4n) is 3.91. The minimum Gasteiger partial charge on any atom is -0.383 e. The van der Waals surface area contributed by atoms with E-state index in [0.717, 1.165) is 41.6 Å². The third kappa shape index (κ3) is 2.02. The first kappa shape index (κ1) is 14.2. The second kappa shape index (κ2) is 5.04. The molecule has 5 heteroatoms. The number of nitrogens with two attached hydrogens (primary N) is 1. The molecule has 2 atom stereocenters. The molecule has 23 heavy (non-hydrogen) atoms. The van der Waals surface area contributed by atoms with Crippen LogP contribution in [0.3, 0.4) is 0 Å². The SMILES string of the molecule is Cc1c(F)cccc1-c1c(C#N)c(N)nc2c1[C@@H]1CC[C@H](C2)N1. The number of nitriles is 1. The average Bonchev–Trinajstić information content (AvgIpc) is 2.91. The number of aromatic nitrogens is 1. The fraction of sp³-hybridized carbons (Fsp3) is 0.333. The lowest BCUT2D eigenvalue weighted by atomic mass is 9.86. The number of halogens is 1. The van der Waals surface area contributed by atoms with Crippen LogP contribution < -0.4 is 11.1 Å². The Morgan fingerprint density at radius 3 is 3.00 bits per heavy atom. The van der Waals surface area contributed by atoms with Gasteiger partial charge in [-0.25, -0.2) is 9.37 Å². The molecule has 2 bridgehead atoms. The summed E-state index contributed by atoms with van der Waals surface area (Å²) >= 11 is 0. The number of pyridine rings is 1. The van der Waals surface area contributed by atoms with Crippen LogP contribution >= 0.6 is 0 Å². The Morgan fingerprint density at radius 2 is 2.22 bits per heavy atom. The molecule has 2 aliphatic heterocycles. The number of hydrogen-bond acceptors (Lipinski definition) is 4. The van der Waals surface area contributed by atoms with E-state index in [0.29, 0.717) is 17.2 Å². The van der Waals surface area contributed by atoms with E-state index in [1.807, 2.05) is 6.07 Å². The summed E-state index contributed by atoms with van der Waals surface area (Å²) in [5.41, 5.74) is 10.4. The molecule has 0 spiro atoms.